The first-order chi connectivity index (χ1) is 11.0. The number of hydrogen-bond donors (Lipinski definition) is 1. The monoisotopic (exact) mass is 333 g/mol. The molecule has 1 aliphatic rings. The summed E-state index contributed by atoms with van der Waals surface area (Å²) in [7, 11) is 0. The van der Waals surface area contributed by atoms with Crippen LogP contribution in [-0.4, -0.2) is 23.3 Å². The summed E-state index contributed by atoms with van der Waals surface area (Å²) in [4.78, 5) is 29.7. The van der Waals surface area contributed by atoms with Gasteiger partial charge in [-0.25, -0.2) is 4.39 Å². The average Bonchev–Trinajstić information content (AvgIpc) is 2.93. The summed E-state index contributed by atoms with van der Waals surface area (Å²) in [5.41, 5.74) is 1.11. The van der Waals surface area contributed by atoms with Crippen LogP contribution in [0, 0.1) is 11.7 Å². The lowest BCUT2D eigenvalue weighted by molar-refractivity contribution is -0.122. The van der Waals surface area contributed by atoms with E-state index in [2.05, 4.69) is 10.3 Å². The fraction of sp³-hybridized carbons (Fsp3) is 0.188. The van der Waals surface area contributed by atoms with Crippen molar-refractivity contribution in [3.63, 3.8) is 0 Å². The van der Waals surface area contributed by atoms with Crippen molar-refractivity contribution in [1.29, 1.82) is 0 Å². The Morgan fingerprint density at radius 1 is 1.30 bits per heavy atom. The van der Waals surface area contributed by atoms with Crippen LogP contribution in [0.25, 0.3) is 0 Å². The molecule has 3 rings (SSSR count). The van der Waals surface area contributed by atoms with E-state index in [-0.39, 0.29) is 29.8 Å². The van der Waals surface area contributed by atoms with Gasteiger partial charge in [-0.1, -0.05) is 11.6 Å². The second-order valence-electron chi connectivity index (χ2n) is 5.23. The van der Waals surface area contributed by atoms with Crippen molar-refractivity contribution >= 4 is 34.8 Å². The van der Waals surface area contributed by atoms with Crippen molar-refractivity contribution < 1.29 is 14.0 Å². The van der Waals surface area contributed by atoms with Gasteiger partial charge in [0.25, 0.3) is 0 Å². The van der Waals surface area contributed by atoms with Crippen LogP contribution >= 0.6 is 11.6 Å². The first-order valence-electron chi connectivity index (χ1n) is 7.01. The van der Waals surface area contributed by atoms with Crippen molar-refractivity contribution in [3.8, 4) is 0 Å². The minimum Gasteiger partial charge on any atom is -0.326 e. The van der Waals surface area contributed by atoms with Gasteiger partial charge in [0.05, 0.1) is 10.9 Å². The van der Waals surface area contributed by atoms with Gasteiger partial charge >= 0.3 is 0 Å². The molecule has 1 fully saturated rings. The molecule has 5 nitrogen and oxygen atoms in total. The highest BCUT2D eigenvalue weighted by molar-refractivity contribution is 6.31. The normalized spacial score (nSPS) is 17.4. The number of carbonyl (C=O) groups is 2. The van der Waals surface area contributed by atoms with Gasteiger partial charge in [0.2, 0.25) is 11.8 Å². The maximum atomic E-state index is 13.2. The van der Waals surface area contributed by atoms with E-state index in [0.29, 0.717) is 11.4 Å². The maximum Gasteiger partial charge on any atom is 0.229 e. The van der Waals surface area contributed by atoms with Gasteiger partial charge in [-0.15, -0.1) is 0 Å². The molecule has 7 heteroatoms. The molecule has 2 heterocycles. The molecular weight excluding hydrogens is 321 g/mol. The van der Waals surface area contributed by atoms with Crippen LogP contribution in [0.15, 0.2) is 42.7 Å². The molecule has 1 unspecified atom stereocenters. The standard InChI is InChI=1S/C16H13ClFN3O2/c17-13-8-12(1-2-14(13)18)21-9-10(7-15(21)22)16(23)20-11-3-5-19-6-4-11/h1-6,8,10H,7,9H2,(H,19,20,23). The molecule has 1 aromatic heterocycles. The Hall–Kier alpha value is -2.47. The highest BCUT2D eigenvalue weighted by Crippen LogP contribution is 2.29. The van der Waals surface area contributed by atoms with E-state index in [0.717, 1.165) is 0 Å². The first-order valence-corrected chi connectivity index (χ1v) is 7.38. The van der Waals surface area contributed by atoms with Gasteiger partial charge in [-0.05, 0) is 30.3 Å². The summed E-state index contributed by atoms with van der Waals surface area (Å²) in [5.74, 6) is -1.45. The summed E-state index contributed by atoms with van der Waals surface area (Å²) in [6.07, 6.45) is 3.25. The Morgan fingerprint density at radius 2 is 2.04 bits per heavy atom. The summed E-state index contributed by atoms with van der Waals surface area (Å²) in [6.45, 7) is 0.234. The Labute approximate surface area is 137 Å². The Bertz CT molecular complexity index is 754. The van der Waals surface area contributed by atoms with E-state index >= 15 is 0 Å². The lowest BCUT2D eigenvalue weighted by Crippen LogP contribution is -2.28. The van der Waals surface area contributed by atoms with Crippen LogP contribution in [0.4, 0.5) is 15.8 Å². The number of halogens is 2. The van der Waals surface area contributed by atoms with Gasteiger partial charge < -0.3 is 10.2 Å². The molecule has 1 N–H and O–H groups in total. The smallest absolute Gasteiger partial charge is 0.229 e. The zero-order chi connectivity index (χ0) is 16.4. The molecule has 1 atom stereocenters. The molecular formula is C16H13ClFN3O2. The SMILES string of the molecule is O=C(Nc1ccncc1)C1CC(=O)N(c2ccc(F)c(Cl)c2)C1. The number of rotatable bonds is 3. The number of benzene rings is 1. The van der Waals surface area contributed by atoms with Crippen molar-refractivity contribution in [2.75, 3.05) is 16.8 Å². The van der Waals surface area contributed by atoms with Crippen LogP contribution in [0.1, 0.15) is 6.42 Å². The van der Waals surface area contributed by atoms with E-state index in [1.807, 2.05) is 0 Å². The summed E-state index contributed by atoms with van der Waals surface area (Å²) in [5, 5.41) is 2.70. The maximum absolute atomic E-state index is 13.2. The van der Waals surface area contributed by atoms with Crippen LogP contribution in [0.2, 0.25) is 5.02 Å². The van der Waals surface area contributed by atoms with Crippen molar-refractivity contribution in [2.45, 2.75) is 6.42 Å². The Morgan fingerprint density at radius 3 is 2.74 bits per heavy atom. The molecule has 1 aromatic carbocycles. The molecule has 2 amide bonds. The zero-order valence-corrected chi connectivity index (χ0v) is 12.8. The average molecular weight is 334 g/mol. The molecule has 23 heavy (non-hydrogen) atoms. The van der Waals surface area contributed by atoms with E-state index in [9.17, 15) is 14.0 Å². The predicted molar refractivity (Wildman–Crippen MR) is 84.7 cm³/mol. The Kier molecular flexibility index (Phi) is 4.25. The third-order valence-electron chi connectivity index (χ3n) is 3.66. The number of amides is 2. The number of hydrogen-bond acceptors (Lipinski definition) is 3. The fourth-order valence-electron chi connectivity index (χ4n) is 2.47. The molecule has 2 aromatic rings. The summed E-state index contributed by atoms with van der Waals surface area (Å²) in [6, 6.07) is 7.41. The molecule has 0 spiro atoms. The van der Waals surface area contributed by atoms with Gasteiger partial charge in [-0.3, -0.25) is 14.6 Å². The summed E-state index contributed by atoms with van der Waals surface area (Å²) >= 11 is 5.75. The second-order valence-corrected chi connectivity index (χ2v) is 5.64. The molecule has 118 valence electrons. The van der Waals surface area contributed by atoms with E-state index in [1.165, 1.54) is 23.1 Å². The van der Waals surface area contributed by atoms with Gasteiger partial charge in [-0.2, -0.15) is 0 Å². The van der Waals surface area contributed by atoms with Crippen molar-refractivity contribution in [2.24, 2.45) is 5.92 Å². The number of carbonyl (C=O) groups excluding carboxylic acids is 2. The van der Waals surface area contributed by atoms with Crippen LogP contribution < -0.4 is 10.2 Å². The number of nitrogens with one attached hydrogen (secondary N) is 1. The van der Waals surface area contributed by atoms with E-state index in [4.69, 9.17) is 11.6 Å². The molecule has 0 saturated carbocycles. The van der Waals surface area contributed by atoms with Crippen LogP contribution in [-0.2, 0) is 9.59 Å². The topological polar surface area (TPSA) is 62.3 Å². The molecule has 1 saturated heterocycles. The lowest BCUT2D eigenvalue weighted by atomic mass is 10.1. The molecule has 0 radical (unpaired) electrons. The fourth-order valence-corrected chi connectivity index (χ4v) is 2.64. The van der Waals surface area contributed by atoms with Gasteiger partial charge in [0.1, 0.15) is 5.82 Å². The largest absolute Gasteiger partial charge is 0.326 e. The van der Waals surface area contributed by atoms with Crippen molar-refractivity contribution in [1.82, 2.24) is 4.98 Å². The highest BCUT2D eigenvalue weighted by Gasteiger charge is 2.35. The summed E-state index contributed by atoms with van der Waals surface area (Å²) < 4.78 is 13.2. The van der Waals surface area contributed by atoms with Crippen LogP contribution in [0.5, 0.6) is 0 Å². The lowest BCUT2D eigenvalue weighted by Gasteiger charge is -2.17. The second kappa shape index (κ2) is 6.34. The first kappa shape index (κ1) is 15.4. The predicted octanol–water partition coefficient (Wildman–Crippen LogP) is 2.87. The molecule has 1 aliphatic heterocycles. The highest BCUT2D eigenvalue weighted by atomic mass is 35.5. The number of nitrogens with zero attached hydrogens (tertiary/aromatic N) is 2. The number of anilines is 2. The van der Waals surface area contributed by atoms with Crippen LogP contribution in [0.3, 0.4) is 0 Å². The third-order valence-corrected chi connectivity index (χ3v) is 3.95. The van der Waals surface area contributed by atoms with E-state index < -0.39 is 11.7 Å². The molecule has 0 bridgehead atoms. The quantitative estimate of drug-likeness (QED) is 0.939. The zero-order valence-electron chi connectivity index (χ0n) is 12.0. The number of aromatic nitrogens is 1. The minimum absolute atomic E-state index is 0.0556. The van der Waals surface area contributed by atoms with E-state index in [1.54, 1.807) is 24.5 Å². The molecule has 0 aliphatic carbocycles. The van der Waals surface area contributed by atoms with Gasteiger partial charge in [0.15, 0.2) is 0 Å². The van der Waals surface area contributed by atoms with Crippen molar-refractivity contribution in [3.05, 3.63) is 53.6 Å². The van der Waals surface area contributed by atoms with Gasteiger partial charge in [0, 0.05) is 36.7 Å². The minimum atomic E-state index is -0.547. The Balaban J connectivity index is 1.71. The third kappa shape index (κ3) is 3.32. The number of pyridine rings is 1.